The normalized spacial score (nSPS) is 23.5. The molecule has 1 N–H and O–H groups in total. The van der Waals surface area contributed by atoms with Gasteiger partial charge in [0.1, 0.15) is 5.76 Å². The zero-order valence-corrected chi connectivity index (χ0v) is 12.9. The fourth-order valence-corrected chi connectivity index (χ4v) is 4.29. The fourth-order valence-electron chi connectivity index (χ4n) is 4.29. The van der Waals surface area contributed by atoms with Crippen molar-refractivity contribution in [3.63, 3.8) is 0 Å². The molecule has 0 aromatic carbocycles. The molecule has 2 aliphatic rings. The van der Waals surface area contributed by atoms with Crippen molar-refractivity contribution in [1.82, 2.24) is 4.98 Å². The van der Waals surface area contributed by atoms with Crippen LogP contribution in [-0.4, -0.2) is 16.6 Å². The van der Waals surface area contributed by atoms with Crippen LogP contribution in [0.15, 0.2) is 16.7 Å². The second-order valence-corrected chi connectivity index (χ2v) is 6.50. The number of ketones is 2. The van der Waals surface area contributed by atoms with Gasteiger partial charge >= 0.3 is 0 Å². The summed E-state index contributed by atoms with van der Waals surface area (Å²) in [5.74, 6) is 1.05. The lowest BCUT2D eigenvalue weighted by Crippen LogP contribution is -2.24. The lowest BCUT2D eigenvalue weighted by atomic mass is 9.74. The first-order chi connectivity index (χ1) is 10.6. The Bertz CT molecular complexity index is 780. The van der Waals surface area contributed by atoms with E-state index in [1.54, 1.807) is 13.2 Å². The molecular weight excluding hydrogens is 278 g/mol. The number of rotatable bonds is 1. The third kappa shape index (κ3) is 1.70. The Morgan fingerprint density at radius 3 is 2.73 bits per heavy atom. The standard InChI is InChI=1S/C18H19NO3/c1-9-14(10(2)20)15-16(19-9)17(21)12-6-4-3-5-11(12)13-7-8-22-18(13)15/h7-8,11-12,19H,3-6H2,1-2H3/t11-,12-/m1/s1. The average Bonchev–Trinajstić information content (AvgIpc) is 3.08. The van der Waals surface area contributed by atoms with Gasteiger partial charge in [-0.15, -0.1) is 0 Å². The van der Waals surface area contributed by atoms with Crippen LogP contribution in [0.4, 0.5) is 0 Å². The van der Waals surface area contributed by atoms with Gasteiger partial charge in [-0.05, 0) is 38.7 Å². The second-order valence-electron chi connectivity index (χ2n) is 6.50. The predicted molar refractivity (Wildman–Crippen MR) is 82.3 cm³/mol. The molecule has 114 valence electrons. The van der Waals surface area contributed by atoms with Crippen LogP contribution in [-0.2, 0) is 0 Å². The smallest absolute Gasteiger partial charge is 0.183 e. The van der Waals surface area contributed by atoms with E-state index in [1.807, 2.05) is 13.0 Å². The molecule has 0 unspecified atom stereocenters. The van der Waals surface area contributed by atoms with Crippen LogP contribution in [0.1, 0.15) is 70.6 Å². The summed E-state index contributed by atoms with van der Waals surface area (Å²) in [6, 6.07) is 1.98. The van der Waals surface area contributed by atoms with Gasteiger partial charge in [0.2, 0.25) is 0 Å². The maximum absolute atomic E-state index is 13.0. The molecule has 1 fully saturated rings. The summed E-state index contributed by atoms with van der Waals surface area (Å²) in [5.41, 5.74) is 3.69. The molecule has 4 heteroatoms. The molecule has 0 spiro atoms. The van der Waals surface area contributed by atoms with Gasteiger partial charge in [-0.25, -0.2) is 0 Å². The lowest BCUT2D eigenvalue weighted by Gasteiger charge is -2.28. The molecule has 22 heavy (non-hydrogen) atoms. The third-order valence-electron chi connectivity index (χ3n) is 5.21. The molecule has 4 nitrogen and oxygen atoms in total. The second kappa shape index (κ2) is 4.70. The molecule has 0 radical (unpaired) electrons. The van der Waals surface area contributed by atoms with Crippen molar-refractivity contribution in [2.24, 2.45) is 5.92 Å². The number of furan rings is 1. The minimum atomic E-state index is -0.0324. The highest BCUT2D eigenvalue weighted by Gasteiger charge is 2.41. The quantitative estimate of drug-likeness (QED) is 0.800. The van der Waals surface area contributed by atoms with Crippen molar-refractivity contribution in [2.45, 2.75) is 45.4 Å². The minimum absolute atomic E-state index is 0.00390. The molecule has 2 aromatic heterocycles. The zero-order chi connectivity index (χ0) is 15.4. The number of hydrogen-bond acceptors (Lipinski definition) is 3. The zero-order valence-electron chi connectivity index (χ0n) is 12.9. The first-order valence-electron chi connectivity index (χ1n) is 7.95. The van der Waals surface area contributed by atoms with Gasteiger partial charge in [0.05, 0.1) is 17.5 Å². The van der Waals surface area contributed by atoms with Crippen molar-refractivity contribution in [2.75, 3.05) is 0 Å². The van der Waals surface area contributed by atoms with Gasteiger partial charge in [0, 0.05) is 22.7 Å². The first kappa shape index (κ1) is 13.6. The first-order valence-corrected chi connectivity index (χ1v) is 7.95. The van der Waals surface area contributed by atoms with Gasteiger partial charge < -0.3 is 9.40 Å². The number of fused-ring (bicyclic) bond motifs is 5. The van der Waals surface area contributed by atoms with Crippen LogP contribution < -0.4 is 0 Å². The van der Waals surface area contributed by atoms with Crippen molar-refractivity contribution >= 4 is 11.6 Å². The Hall–Kier alpha value is -2.10. The SMILES string of the molecule is CC(=O)c1c(C)[nH]c2c1-c1occc1[C@@H]1CCCC[C@H]1C2=O. The Labute approximate surface area is 128 Å². The van der Waals surface area contributed by atoms with Crippen LogP contribution in [0.5, 0.6) is 0 Å². The van der Waals surface area contributed by atoms with E-state index in [0.29, 0.717) is 22.6 Å². The number of carbonyl (C=O) groups is 2. The van der Waals surface area contributed by atoms with Gasteiger partial charge in [0.25, 0.3) is 0 Å². The highest BCUT2D eigenvalue weighted by atomic mass is 16.3. The van der Waals surface area contributed by atoms with Gasteiger partial charge in [-0.1, -0.05) is 12.8 Å². The summed E-state index contributed by atoms with van der Waals surface area (Å²) in [6.07, 6.45) is 5.85. The molecule has 0 amide bonds. The van der Waals surface area contributed by atoms with E-state index < -0.39 is 0 Å². The Balaban J connectivity index is 2.04. The summed E-state index contributed by atoms with van der Waals surface area (Å²) >= 11 is 0. The molecule has 2 aromatic rings. The number of aromatic amines is 1. The topological polar surface area (TPSA) is 63.1 Å². The van der Waals surface area contributed by atoms with Crippen molar-refractivity contribution in [1.29, 1.82) is 0 Å². The highest BCUT2D eigenvalue weighted by molar-refractivity contribution is 6.11. The largest absolute Gasteiger partial charge is 0.464 e. The van der Waals surface area contributed by atoms with Crippen LogP contribution in [0, 0.1) is 12.8 Å². The summed E-state index contributed by atoms with van der Waals surface area (Å²) in [5, 5.41) is 0. The van der Waals surface area contributed by atoms with Crippen LogP contribution in [0.25, 0.3) is 11.3 Å². The van der Waals surface area contributed by atoms with Gasteiger partial charge in [0.15, 0.2) is 11.6 Å². The molecule has 2 atom stereocenters. The molecule has 4 rings (SSSR count). The van der Waals surface area contributed by atoms with Crippen molar-refractivity contribution in [3.8, 4) is 11.3 Å². The summed E-state index contributed by atoms with van der Waals surface area (Å²) in [4.78, 5) is 28.3. The van der Waals surface area contributed by atoms with Gasteiger partial charge in [-0.3, -0.25) is 9.59 Å². The number of nitrogens with one attached hydrogen (secondary N) is 1. The Morgan fingerprint density at radius 2 is 2.00 bits per heavy atom. The fraction of sp³-hybridized carbons (Fsp3) is 0.444. The molecule has 0 aliphatic heterocycles. The number of aryl methyl sites for hydroxylation is 1. The van der Waals surface area contributed by atoms with E-state index in [9.17, 15) is 9.59 Å². The molecule has 2 aliphatic carbocycles. The number of carbonyl (C=O) groups excluding carboxylic acids is 2. The Morgan fingerprint density at radius 1 is 1.27 bits per heavy atom. The summed E-state index contributed by atoms with van der Waals surface area (Å²) in [7, 11) is 0. The van der Waals surface area contributed by atoms with E-state index in [0.717, 1.165) is 36.9 Å². The maximum Gasteiger partial charge on any atom is 0.183 e. The summed E-state index contributed by atoms with van der Waals surface area (Å²) in [6.45, 7) is 3.39. The van der Waals surface area contributed by atoms with Crippen LogP contribution in [0.3, 0.4) is 0 Å². The lowest BCUT2D eigenvalue weighted by molar-refractivity contribution is 0.0866. The van der Waals surface area contributed by atoms with E-state index in [2.05, 4.69) is 4.98 Å². The number of aromatic nitrogens is 1. The van der Waals surface area contributed by atoms with Crippen molar-refractivity contribution in [3.05, 3.63) is 34.8 Å². The molecular formula is C18H19NO3. The number of Topliss-reactive ketones (excluding diaryl/α,β-unsaturated/α-hetero) is 2. The van der Waals surface area contributed by atoms with Crippen LogP contribution >= 0.6 is 0 Å². The molecule has 0 bridgehead atoms. The average molecular weight is 297 g/mol. The number of H-pyrrole nitrogens is 1. The van der Waals surface area contributed by atoms with E-state index in [1.165, 1.54) is 0 Å². The monoisotopic (exact) mass is 297 g/mol. The Kier molecular flexibility index (Phi) is 2.90. The van der Waals surface area contributed by atoms with E-state index >= 15 is 0 Å². The van der Waals surface area contributed by atoms with E-state index in [-0.39, 0.29) is 23.4 Å². The van der Waals surface area contributed by atoms with Crippen LogP contribution in [0.2, 0.25) is 0 Å². The summed E-state index contributed by atoms with van der Waals surface area (Å²) < 4.78 is 5.74. The predicted octanol–water partition coefficient (Wildman–Crippen LogP) is 4.26. The highest BCUT2D eigenvalue weighted by Crippen LogP contribution is 2.48. The molecule has 1 saturated carbocycles. The minimum Gasteiger partial charge on any atom is -0.464 e. The third-order valence-corrected chi connectivity index (χ3v) is 5.21. The molecule has 0 saturated heterocycles. The maximum atomic E-state index is 13.0. The van der Waals surface area contributed by atoms with Crippen molar-refractivity contribution < 1.29 is 14.0 Å². The van der Waals surface area contributed by atoms with Gasteiger partial charge in [-0.2, -0.15) is 0 Å². The van der Waals surface area contributed by atoms with E-state index in [4.69, 9.17) is 4.42 Å². The number of hydrogen-bond donors (Lipinski definition) is 1. The molecule has 2 heterocycles.